The van der Waals surface area contributed by atoms with Crippen LogP contribution in [0.3, 0.4) is 0 Å². The van der Waals surface area contributed by atoms with Crippen molar-refractivity contribution in [3.63, 3.8) is 0 Å². The van der Waals surface area contributed by atoms with Crippen LogP contribution >= 0.6 is 0 Å². The van der Waals surface area contributed by atoms with Crippen LogP contribution < -0.4 is 0 Å². The Bertz CT molecular complexity index is 191. The molecule has 0 aromatic carbocycles. The summed E-state index contributed by atoms with van der Waals surface area (Å²) in [5.74, 6) is -1.87. The fourth-order valence-corrected chi connectivity index (χ4v) is 0.252. The van der Waals surface area contributed by atoms with Gasteiger partial charge < -0.3 is 19.1 Å². The van der Waals surface area contributed by atoms with E-state index in [1.54, 1.807) is 0 Å². The molecule has 0 heterocycles. The fourth-order valence-electron chi connectivity index (χ4n) is 0.252. The van der Waals surface area contributed by atoms with Gasteiger partial charge in [0, 0.05) is 39.8 Å². The van der Waals surface area contributed by atoms with Crippen LogP contribution in [0, 0.1) is 0 Å². The number of hydrogen-bond donors (Lipinski definition) is 0. The molecule has 0 N–H and O–H groups in total. The average molecular weight is 277 g/mol. The molecule has 0 aromatic rings. The van der Waals surface area contributed by atoms with E-state index in [2.05, 4.69) is 9.47 Å². The number of ether oxygens (including phenoxy) is 2. The molecule has 14 heavy (non-hydrogen) atoms. The minimum atomic E-state index is -1.00. The Hall–Kier alpha value is -0.616. The normalized spacial score (nSPS) is 6.71. The molecular weight excluding hydrogens is 269 g/mol. The van der Waals surface area contributed by atoms with Gasteiger partial charge >= 0.3 is 5.97 Å². The van der Waals surface area contributed by atoms with Crippen LogP contribution in [0.25, 0.3) is 0 Å². The number of rotatable bonds is 4. The van der Waals surface area contributed by atoms with Crippen molar-refractivity contribution in [1.29, 1.82) is 0 Å². The molecule has 0 saturated heterocycles. The van der Waals surface area contributed by atoms with Crippen molar-refractivity contribution < 1.29 is 61.4 Å². The standard InChI is InChI=1S/C5H5O4.C2H3O2.Y/c1-9-5(8)4(7)2-3-6;1-4-2-3;/h2H2,1H3;1H3;/q2*-1;. The Morgan fingerprint density at radius 3 is 1.86 bits per heavy atom. The molecule has 1 radical (unpaired) electrons. The fraction of sp³-hybridized carbons (Fsp3) is 0.429. The van der Waals surface area contributed by atoms with Crippen LogP contribution in [-0.4, -0.2) is 38.7 Å². The minimum Gasteiger partial charge on any atom is -0.655 e. The number of carbonyl (C=O) groups is 2. The maximum absolute atomic E-state index is 10.2. The molecule has 0 aliphatic rings. The molecule has 0 rings (SSSR count). The molecule has 0 atom stereocenters. The van der Waals surface area contributed by atoms with Crippen molar-refractivity contribution in [1.82, 2.24) is 0 Å². The van der Waals surface area contributed by atoms with Gasteiger partial charge in [0.05, 0.1) is 7.11 Å². The molecule has 77 valence electrons. The molecule has 0 saturated carbocycles. The summed E-state index contributed by atoms with van der Waals surface area (Å²) in [6.07, 6.45) is 0.761. The second kappa shape index (κ2) is 14.9. The van der Waals surface area contributed by atoms with E-state index in [1.807, 2.05) is 0 Å². The third kappa shape index (κ3) is 13.9. The zero-order chi connectivity index (χ0) is 10.7. The number of Topliss-reactive ketones (excluding diaryl/α,β-unsaturated/α-hetero) is 1. The van der Waals surface area contributed by atoms with Crippen LogP contribution in [0.1, 0.15) is 6.42 Å². The average Bonchev–Trinajstić information content (AvgIpc) is 2.17. The predicted molar refractivity (Wildman–Crippen MR) is 40.0 cm³/mol. The molecule has 6 nitrogen and oxygen atoms in total. The van der Waals surface area contributed by atoms with Gasteiger partial charge in [-0.1, -0.05) is 12.9 Å². The summed E-state index contributed by atoms with van der Waals surface area (Å²) in [7, 11) is 2.33. The van der Waals surface area contributed by atoms with Crippen molar-refractivity contribution in [2.24, 2.45) is 0 Å². The number of ketones is 1. The quantitative estimate of drug-likeness (QED) is 0.281. The first-order chi connectivity index (χ1) is 6.13. The first-order valence-corrected chi connectivity index (χ1v) is 3.00. The Kier molecular flexibility index (Phi) is 20.2. The molecule has 0 fully saturated rings. The van der Waals surface area contributed by atoms with Gasteiger partial charge in [0.2, 0.25) is 5.78 Å². The number of carbonyl (C=O) groups excluding carboxylic acids is 4. The van der Waals surface area contributed by atoms with Crippen LogP contribution in [0.5, 0.6) is 0 Å². The van der Waals surface area contributed by atoms with Crippen molar-refractivity contribution in [3.05, 3.63) is 0 Å². The van der Waals surface area contributed by atoms with Crippen LogP contribution in [0.2, 0.25) is 0 Å². The van der Waals surface area contributed by atoms with E-state index in [4.69, 9.17) is 4.79 Å². The van der Waals surface area contributed by atoms with E-state index in [-0.39, 0.29) is 32.7 Å². The summed E-state index contributed by atoms with van der Waals surface area (Å²) < 4.78 is 7.73. The Morgan fingerprint density at radius 2 is 1.64 bits per heavy atom. The first-order valence-electron chi connectivity index (χ1n) is 3.00. The molecule has 0 aromatic heterocycles. The van der Waals surface area contributed by atoms with Gasteiger partial charge in [0.1, 0.15) is 0 Å². The number of hydrogen-bond acceptors (Lipinski definition) is 6. The van der Waals surface area contributed by atoms with Crippen LogP contribution in [0.15, 0.2) is 0 Å². The minimum absolute atomic E-state index is 0. The van der Waals surface area contributed by atoms with Gasteiger partial charge in [-0.25, -0.2) is 4.79 Å². The molecule has 0 unspecified atom stereocenters. The van der Waals surface area contributed by atoms with Crippen molar-refractivity contribution >= 4 is 24.5 Å². The molecule has 0 aliphatic heterocycles. The zero-order valence-electron chi connectivity index (χ0n) is 7.73. The van der Waals surface area contributed by atoms with Gasteiger partial charge in [0.15, 0.2) is 0 Å². The topological polar surface area (TPSA) is 86.7 Å². The van der Waals surface area contributed by atoms with Gasteiger partial charge in [-0.15, -0.1) is 0 Å². The SMILES string of the molecule is COC(=O)C(=O)C[C-]=O.CO[C-]=O.[Y]. The van der Waals surface area contributed by atoms with Gasteiger partial charge in [-0.05, 0) is 0 Å². The maximum atomic E-state index is 10.2. The second-order valence-corrected chi connectivity index (χ2v) is 1.52. The zero-order valence-corrected chi connectivity index (χ0v) is 10.6. The van der Waals surface area contributed by atoms with E-state index in [0.717, 1.165) is 7.11 Å². The summed E-state index contributed by atoms with van der Waals surface area (Å²) in [5, 5.41) is 0. The van der Waals surface area contributed by atoms with Crippen molar-refractivity contribution in [2.45, 2.75) is 6.42 Å². The van der Waals surface area contributed by atoms with E-state index in [1.165, 1.54) is 19.9 Å². The molecule has 0 spiro atoms. The van der Waals surface area contributed by atoms with Gasteiger partial charge in [-0.3, -0.25) is 11.1 Å². The van der Waals surface area contributed by atoms with E-state index in [9.17, 15) is 14.4 Å². The first kappa shape index (κ1) is 19.0. The molecule has 0 aliphatic carbocycles. The van der Waals surface area contributed by atoms with Gasteiger partial charge in [-0.2, -0.15) is 0 Å². The predicted octanol–water partition coefficient (Wildman–Crippen LogP) is -1.07. The van der Waals surface area contributed by atoms with Gasteiger partial charge in [0.25, 0.3) is 0 Å². The number of esters is 1. The Morgan fingerprint density at radius 1 is 1.21 bits per heavy atom. The second-order valence-electron chi connectivity index (χ2n) is 1.52. The van der Waals surface area contributed by atoms with E-state index < -0.39 is 18.2 Å². The summed E-state index contributed by atoms with van der Waals surface area (Å²) in [6.45, 7) is 1.18. The maximum Gasteiger partial charge on any atom is 0.371 e. The Balaban J connectivity index is -0.000000209. The molecule has 0 bridgehead atoms. The summed E-state index contributed by atoms with van der Waals surface area (Å²) in [6, 6.07) is 0. The van der Waals surface area contributed by atoms with Crippen LogP contribution in [0.4, 0.5) is 0 Å². The summed E-state index contributed by atoms with van der Waals surface area (Å²) in [4.78, 5) is 38.7. The molecular formula is C7H8O6Y-2. The molecule has 0 amide bonds. The summed E-state index contributed by atoms with van der Waals surface area (Å²) >= 11 is 0. The van der Waals surface area contributed by atoms with E-state index >= 15 is 0 Å². The monoisotopic (exact) mass is 277 g/mol. The van der Waals surface area contributed by atoms with Crippen molar-refractivity contribution in [2.75, 3.05) is 14.2 Å². The molecule has 7 heteroatoms. The van der Waals surface area contributed by atoms with Crippen molar-refractivity contribution in [3.8, 4) is 0 Å². The third-order valence-electron chi connectivity index (χ3n) is 0.729. The Labute approximate surface area is 106 Å². The summed E-state index contributed by atoms with van der Waals surface area (Å²) in [5.41, 5.74) is 0. The largest absolute Gasteiger partial charge is 0.655 e. The van der Waals surface area contributed by atoms with E-state index in [0.29, 0.717) is 0 Å². The third-order valence-corrected chi connectivity index (χ3v) is 0.729. The van der Waals surface area contributed by atoms with Crippen LogP contribution in [-0.2, 0) is 61.4 Å². The number of methoxy groups -OCH3 is 2. The smallest absolute Gasteiger partial charge is 0.371 e.